The van der Waals surface area contributed by atoms with Crippen LogP contribution in [-0.4, -0.2) is 35.3 Å². The number of rotatable bonds is 5. The Bertz CT molecular complexity index is 788. The van der Waals surface area contributed by atoms with E-state index in [1.807, 2.05) is 31.1 Å². The van der Waals surface area contributed by atoms with Crippen molar-refractivity contribution in [1.29, 1.82) is 0 Å². The summed E-state index contributed by atoms with van der Waals surface area (Å²) in [5.74, 6) is 0. The van der Waals surface area contributed by atoms with Crippen LogP contribution >= 0.6 is 22.6 Å². The number of fused-ring (bicyclic) bond motifs is 1. The van der Waals surface area contributed by atoms with Crippen molar-refractivity contribution in [1.82, 2.24) is 4.72 Å². The van der Waals surface area contributed by atoms with Gasteiger partial charge in [-0.2, -0.15) is 0 Å². The molecule has 0 aliphatic heterocycles. The molecule has 0 radical (unpaired) electrons. The molecule has 21 heavy (non-hydrogen) atoms. The molecule has 2 rings (SSSR count). The number of sulfonamides is 1. The maximum Gasteiger partial charge on any atom is 0.241 e. The molecular formula is C14H15IN2O3S. The topological polar surface area (TPSA) is 66.5 Å². The van der Waals surface area contributed by atoms with E-state index in [1.54, 1.807) is 18.2 Å². The first kappa shape index (κ1) is 16.2. The lowest BCUT2D eigenvalue weighted by Gasteiger charge is -2.19. The van der Waals surface area contributed by atoms with Crippen LogP contribution in [-0.2, 0) is 14.8 Å². The van der Waals surface area contributed by atoms with E-state index in [0.717, 1.165) is 14.6 Å². The van der Waals surface area contributed by atoms with Crippen molar-refractivity contribution in [3.63, 3.8) is 0 Å². The first-order valence-corrected chi connectivity index (χ1v) is 8.76. The summed E-state index contributed by atoms with van der Waals surface area (Å²) in [6.07, 6.45) is 0.525. The molecule has 0 saturated heterocycles. The minimum absolute atomic E-state index is 0.182. The second kappa shape index (κ2) is 6.29. The van der Waals surface area contributed by atoms with Crippen molar-refractivity contribution in [2.75, 3.05) is 25.5 Å². The Morgan fingerprint density at radius 2 is 1.90 bits per heavy atom. The number of halogens is 1. The van der Waals surface area contributed by atoms with Gasteiger partial charge in [0.1, 0.15) is 6.29 Å². The molecule has 0 aromatic heterocycles. The molecule has 0 bridgehead atoms. The van der Waals surface area contributed by atoms with Crippen molar-refractivity contribution in [2.24, 2.45) is 0 Å². The van der Waals surface area contributed by atoms with Crippen LogP contribution in [0.25, 0.3) is 10.8 Å². The maximum atomic E-state index is 12.3. The van der Waals surface area contributed by atoms with Gasteiger partial charge in [-0.15, -0.1) is 0 Å². The highest BCUT2D eigenvalue weighted by atomic mass is 127. The normalized spacial score (nSPS) is 11.6. The van der Waals surface area contributed by atoms with Gasteiger partial charge >= 0.3 is 0 Å². The third-order valence-electron chi connectivity index (χ3n) is 3.04. The summed E-state index contributed by atoms with van der Waals surface area (Å²) in [7, 11) is 0.132. The highest BCUT2D eigenvalue weighted by molar-refractivity contribution is 14.1. The van der Waals surface area contributed by atoms with Crippen molar-refractivity contribution >= 4 is 55.4 Å². The van der Waals surface area contributed by atoms with Crippen molar-refractivity contribution in [3.8, 4) is 0 Å². The predicted molar refractivity (Wildman–Crippen MR) is 92.2 cm³/mol. The number of hydrogen-bond acceptors (Lipinski definition) is 4. The molecule has 2 aromatic rings. The minimum atomic E-state index is -3.71. The molecule has 0 aliphatic carbocycles. The van der Waals surface area contributed by atoms with Gasteiger partial charge < -0.3 is 9.69 Å². The SMILES string of the molecule is CN(C)c1c(I)ccc2c(S(=O)(=O)NCC=O)cccc12. The zero-order valence-electron chi connectivity index (χ0n) is 11.6. The van der Waals surface area contributed by atoms with Gasteiger partial charge in [0, 0.05) is 28.4 Å². The second-order valence-corrected chi connectivity index (χ2v) is 7.56. The average Bonchev–Trinajstić information content (AvgIpc) is 2.43. The van der Waals surface area contributed by atoms with Crippen LogP contribution in [0.4, 0.5) is 5.69 Å². The van der Waals surface area contributed by atoms with Crippen molar-refractivity contribution in [2.45, 2.75) is 4.90 Å². The van der Waals surface area contributed by atoms with Crippen LogP contribution in [0.15, 0.2) is 35.2 Å². The monoisotopic (exact) mass is 418 g/mol. The van der Waals surface area contributed by atoms with E-state index in [-0.39, 0.29) is 11.4 Å². The van der Waals surface area contributed by atoms with E-state index < -0.39 is 10.0 Å². The van der Waals surface area contributed by atoms with E-state index in [2.05, 4.69) is 27.3 Å². The maximum absolute atomic E-state index is 12.3. The van der Waals surface area contributed by atoms with Crippen molar-refractivity contribution < 1.29 is 13.2 Å². The molecule has 7 heteroatoms. The van der Waals surface area contributed by atoms with Gasteiger partial charge in [0.2, 0.25) is 10.0 Å². The Labute approximate surface area is 137 Å². The Kier molecular flexibility index (Phi) is 4.84. The number of nitrogens with one attached hydrogen (secondary N) is 1. The zero-order chi connectivity index (χ0) is 15.6. The molecule has 0 atom stereocenters. The number of carbonyl (C=O) groups excluding carboxylic acids is 1. The molecule has 1 N–H and O–H groups in total. The first-order valence-electron chi connectivity index (χ1n) is 6.20. The van der Waals surface area contributed by atoms with E-state index in [9.17, 15) is 13.2 Å². The summed E-state index contributed by atoms with van der Waals surface area (Å²) in [6.45, 7) is -0.233. The van der Waals surface area contributed by atoms with Gasteiger partial charge in [0.15, 0.2) is 0 Å². The molecule has 0 spiro atoms. The van der Waals surface area contributed by atoms with Gasteiger partial charge in [-0.05, 0) is 34.7 Å². The predicted octanol–water partition coefficient (Wildman–Crippen LogP) is 1.99. The van der Waals surface area contributed by atoms with Crippen LogP contribution in [0.3, 0.4) is 0 Å². The van der Waals surface area contributed by atoms with Crippen LogP contribution in [0.5, 0.6) is 0 Å². The third kappa shape index (κ3) is 3.19. The lowest BCUT2D eigenvalue weighted by atomic mass is 10.1. The highest BCUT2D eigenvalue weighted by Gasteiger charge is 2.18. The number of anilines is 1. The van der Waals surface area contributed by atoms with Crippen LogP contribution in [0.1, 0.15) is 0 Å². The fourth-order valence-electron chi connectivity index (χ4n) is 2.20. The second-order valence-electron chi connectivity index (χ2n) is 4.66. The Morgan fingerprint density at radius 1 is 1.19 bits per heavy atom. The highest BCUT2D eigenvalue weighted by Crippen LogP contribution is 2.33. The van der Waals surface area contributed by atoms with E-state index in [0.29, 0.717) is 11.7 Å². The summed E-state index contributed by atoms with van der Waals surface area (Å²) in [6, 6.07) is 8.82. The first-order chi connectivity index (χ1) is 9.88. The molecule has 5 nitrogen and oxygen atoms in total. The molecule has 0 aliphatic rings. The largest absolute Gasteiger partial charge is 0.376 e. The van der Waals surface area contributed by atoms with Crippen molar-refractivity contribution in [3.05, 3.63) is 33.9 Å². The zero-order valence-corrected chi connectivity index (χ0v) is 14.6. The lowest BCUT2D eigenvalue weighted by molar-refractivity contribution is -0.106. The minimum Gasteiger partial charge on any atom is -0.376 e. The number of aldehydes is 1. The molecule has 0 saturated carbocycles. The molecule has 112 valence electrons. The van der Waals surface area contributed by atoms with Crippen LogP contribution in [0.2, 0.25) is 0 Å². The van der Waals surface area contributed by atoms with Gasteiger partial charge in [0.25, 0.3) is 0 Å². The number of carbonyl (C=O) groups is 1. The summed E-state index contributed by atoms with van der Waals surface area (Å²) >= 11 is 2.23. The van der Waals surface area contributed by atoms with E-state index in [4.69, 9.17) is 0 Å². The molecule has 0 fully saturated rings. The smallest absolute Gasteiger partial charge is 0.241 e. The molecule has 0 heterocycles. The summed E-state index contributed by atoms with van der Waals surface area (Å²) in [5, 5.41) is 1.50. The van der Waals surface area contributed by atoms with Gasteiger partial charge in [-0.25, -0.2) is 13.1 Å². The van der Waals surface area contributed by atoms with Gasteiger partial charge in [-0.1, -0.05) is 18.2 Å². The Morgan fingerprint density at radius 3 is 2.52 bits per heavy atom. The Hall–Kier alpha value is -1.19. The van der Waals surface area contributed by atoms with Gasteiger partial charge in [-0.3, -0.25) is 0 Å². The number of hydrogen-bond donors (Lipinski definition) is 1. The Balaban J connectivity index is 2.74. The third-order valence-corrected chi connectivity index (χ3v) is 5.39. The van der Waals surface area contributed by atoms with Crippen LogP contribution < -0.4 is 9.62 Å². The fourth-order valence-corrected chi connectivity index (χ4v) is 4.32. The summed E-state index contributed by atoms with van der Waals surface area (Å²) in [4.78, 5) is 12.5. The van der Waals surface area contributed by atoms with E-state index in [1.165, 1.54) is 0 Å². The number of nitrogens with zero attached hydrogens (tertiary/aromatic N) is 1. The molecule has 2 aromatic carbocycles. The summed E-state index contributed by atoms with van der Waals surface area (Å²) < 4.78 is 27.9. The quantitative estimate of drug-likeness (QED) is 0.596. The standard InChI is InChI=1S/C14H15IN2O3S/c1-17(2)14-11-4-3-5-13(10(11)6-7-12(14)15)21(19,20)16-8-9-18/h3-7,9,16H,8H2,1-2H3. The molecule has 0 amide bonds. The molecule has 0 unspecified atom stereocenters. The fraction of sp³-hybridized carbons (Fsp3) is 0.214. The summed E-state index contributed by atoms with van der Waals surface area (Å²) in [5.41, 5.74) is 0.973. The van der Waals surface area contributed by atoms with Crippen LogP contribution in [0, 0.1) is 3.57 Å². The number of benzene rings is 2. The average molecular weight is 418 g/mol. The van der Waals surface area contributed by atoms with Gasteiger partial charge in [0.05, 0.1) is 17.1 Å². The lowest BCUT2D eigenvalue weighted by Crippen LogP contribution is -2.25. The molecular weight excluding hydrogens is 403 g/mol. The van der Waals surface area contributed by atoms with E-state index >= 15 is 0 Å².